The minimum absolute atomic E-state index is 0.397. The van der Waals surface area contributed by atoms with Crippen molar-refractivity contribution >= 4 is 21.4 Å². The van der Waals surface area contributed by atoms with E-state index >= 15 is 0 Å². The number of hydrogen-bond donors (Lipinski definition) is 0. The summed E-state index contributed by atoms with van der Waals surface area (Å²) in [4.78, 5) is 0. The van der Waals surface area contributed by atoms with Crippen LogP contribution in [0.1, 0.15) is 60.6 Å². The highest BCUT2D eigenvalue weighted by Gasteiger charge is 2.43. The summed E-state index contributed by atoms with van der Waals surface area (Å²) in [6.45, 7) is 3.52. The maximum absolute atomic E-state index is 3.04. The summed E-state index contributed by atoms with van der Waals surface area (Å²) < 4.78 is 3.04. The van der Waals surface area contributed by atoms with E-state index in [0.717, 1.165) is 6.16 Å². The van der Waals surface area contributed by atoms with E-state index in [9.17, 15) is 0 Å². The van der Waals surface area contributed by atoms with Crippen LogP contribution >= 0.6 is 16.1 Å². The molecule has 0 bridgehead atoms. The predicted octanol–water partition coefficient (Wildman–Crippen LogP) is 9.68. The molecule has 1 unspecified atom stereocenters. The topological polar surface area (TPSA) is 3.24 Å². The Morgan fingerprint density at radius 3 is 1.64 bits per heavy atom. The second-order valence-corrected chi connectivity index (χ2v) is 14.6. The predicted molar refractivity (Wildman–Crippen MR) is 159 cm³/mol. The minimum atomic E-state index is -0.490. The average molecular weight is 510 g/mol. The van der Waals surface area contributed by atoms with Crippen LogP contribution in [0.5, 0.6) is 0 Å². The van der Waals surface area contributed by atoms with E-state index in [-0.39, 0.29) is 0 Å². The number of hydrogen-bond acceptors (Lipinski definition) is 1. The van der Waals surface area contributed by atoms with Crippen molar-refractivity contribution in [2.24, 2.45) is 0 Å². The molecule has 1 nitrogen and oxygen atoms in total. The van der Waals surface area contributed by atoms with E-state index in [1.165, 1.54) is 54.2 Å². The lowest BCUT2D eigenvalue weighted by Crippen LogP contribution is -2.23. The lowest BCUT2D eigenvalue weighted by atomic mass is 10.0. The summed E-state index contributed by atoms with van der Waals surface area (Å²) in [6, 6.07) is 45.4. The van der Waals surface area contributed by atoms with Gasteiger partial charge < -0.3 is 0 Å². The Hall–Kier alpha value is -2.30. The maximum atomic E-state index is 3.04. The van der Waals surface area contributed by atoms with Crippen LogP contribution in [0.15, 0.2) is 121 Å². The van der Waals surface area contributed by atoms with E-state index in [4.69, 9.17) is 0 Å². The zero-order chi connectivity index (χ0) is 24.6. The van der Waals surface area contributed by atoms with E-state index in [1.807, 2.05) is 0 Å². The van der Waals surface area contributed by atoms with Gasteiger partial charge in [-0.15, -0.1) is 0 Å². The van der Waals surface area contributed by atoms with E-state index in [2.05, 4.69) is 133 Å². The van der Waals surface area contributed by atoms with Crippen molar-refractivity contribution in [3.63, 3.8) is 0 Å². The highest BCUT2D eigenvalue weighted by atomic mass is 31.2. The van der Waals surface area contributed by atoms with Gasteiger partial charge in [-0.1, -0.05) is 135 Å². The van der Waals surface area contributed by atoms with Gasteiger partial charge in [-0.05, 0) is 49.3 Å². The van der Waals surface area contributed by atoms with Crippen LogP contribution in [-0.4, -0.2) is 11.0 Å². The van der Waals surface area contributed by atoms with Crippen molar-refractivity contribution in [3.8, 4) is 0 Å². The Balaban J connectivity index is 1.61. The molecule has 0 N–H and O–H groups in total. The van der Waals surface area contributed by atoms with Gasteiger partial charge in [-0.2, -0.15) is 0 Å². The Morgan fingerprint density at radius 2 is 1.14 bits per heavy atom. The van der Waals surface area contributed by atoms with Crippen LogP contribution in [0.2, 0.25) is 0 Å². The van der Waals surface area contributed by atoms with Crippen molar-refractivity contribution in [3.05, 3.63) is 138 Å². The number of nitrogens with zero attached hydrogens (tertiary/aromatic N) is 1. The average Bonchev–Trinajstić information content (AvgIpc) is 3.39. The van der Waals surface area contributed by atoms with Crippen molar-refractivity contribution in [2.45, 2.75) is 50.1 Å². The van der Waals surface area contributed by atoms with Crippen LogP contribution in [0.4, 0.5) is 0 Å². The fourth-order valence-corrected chi connectivity index (χ4v) is 13.0. The quantitative estimate of drug-likeness (QED) is 0.192. The molecule has 36 heavy (non-hydrogen) atoms. The third kappa shape index (κ3) is 5.98. The molecule has 0 aromatic heterocycles. The summed E-state index contributed by atoms with van der Waals surface area (Å²) in [5, 5.41) is 1.51. The highest BCUT2D eigenvalue weighted by Crippen LogP contribution is 2.76. The third-order valence-corrected chi connectivity index (χ3v) is 13.9. The van der Waals surface area contributed by atoms with Gasteiger partial charge in [0.25, 0.3) is 0 Å². The second kappa shape index (κ2) is 12.8. The van der Waals surface area contributed by atoms with Gasteiger partial charge in [-0.3, -0.25) is 4.44 Å². The molecule has 0 spiro atoms. The van der Waals surface area contributed by atoms with Crippen molar-refractivity contribution in [1.82, 2.24) is 4.44 Å². The lowest BCUT2D eigenvalue weighted by Gasteiger charge is -2.42. The molecule has 0 amide bonds. The van der Waals surface area contributed by atoms with Gasteiger partial charge in [0.15, 0.2) is 0 Å². The molecule has 3 heteroatoms. The Bertz CT molecular complexity index is 1120. The van der Waals surface area contributed by atoms with Crippen LogP contribution in [-0.2, 0) is 6.16 Å². The molecule has 0 aliphatic carbocycles. The van der Waals surface area contributed by atoms with Gasteiger partial charge >= 0.3 is 0 Å². The van der Waals surface area contributed by atoms with E-state index < -0.39 is 16.1 Å². The molecule has 0 radical (unpaired) electrons. The number of benzene rings is 4. The molecular formula is C33H37NP2. The molecule has 1 aliphatic rings. The standard InChI is InChI=1S/C33H37NP2/c1-2-3-26-34(35(31-22-14-7-15-23-31)27-28-16-8-4-9-17-28)36-32(29-18-10-5-11-19-29)24-25-33(36)30-20-12-6-13-21-30/h4-23,32-33H,2-3,24-27H2,1H3/t32-,33-,35?/m0/s1. The molecule has 5 rings (SSSR count). The van der Waals surface area contributed by atoms with Gasteiger partial charge in [-0.25, -0.2) is 0 Å². The molecule has 1 aliphatic heterocycles. The highest BCUT2D eigenvalue weighted by molar-refractivity contribution is 7.74. The summed E-state index contributed by atoms with van der Waals surface area (Å²) >= 11 is 0. The summed E-state index contributed by atoms with van der Waals surface area (Å²) in [6.07, 6.45) is 6.16. The van der Waals surface area contributed by atoms with E-state index in [0.29, 0.717) is 11.3 Å². The molecule has 184 valence electrons. The first-order valence-corrected chi connectivity index (χ1v) is 16.3. The molecular weight excluding hydrogens is 472 g/mol. The second-order valence-electron chi connectivity index (χ2n) is 9.64. The van der Waals surface area contributed by atoms with Gasteiger partial charge in [0.05, 0.1) is 0 Å². The minimum Gasteiger partial charge on any atom is -0.255 e. The van der Waals surface area contributed by atoms with Crippen LogP contribution in [0.25, 0.3) is 0 Å². The lowest BCUT2D eigenvalue weighted by molar-refractivity contribution is 0.627. The molecule has 0 saturated carbocycles. The van der Waals surface area contributed by atoms with Crippen molar-refractivity contribution < 1.29 is 0 Å². The fourth-order valence-electron chi connectivity index (χ4n) is 5.43. The van der Waals surface area contributed by atoms with E-state index in [1.54, 1.807) is 0 Å². The zero-order valence-electron chi connectivity index (χ0n) is 21.3. The Kier molecular flexibility index (Phi) is 9.00. The molecule has 1 heterocycles. The van der Waals surface area contributed by atoms with Gasteiger partial charge in [0.1, 0.15) is 0 Å². The molecule has 1 saturated heterocycles. The normalized spacial score (nSPS) is 18.9. The first kappa shape index (κ1) is 25.4. The van der Waals surface area contributed by atoms with Gasteiger partial charge in [0, 0.05) is 32.1 Å². The summed E-state index contributed by atoms with van der Waals surface area (Å²) in [5.41, 5.74) is 5.76. The van der Waals surface area contributed by atoms with Crippen LogP contribution < -0.4 is 5.30 Å². The van der Waals surface area contributed by atoms with Crippen LogP contribution in [0, 0.1) is 0 Å². The third-order valence-electron chi connectivity index (χ3n) is 7.21. The first-order valence-electron chi connectivity index (χ1n) is 13.4. The smallest absolute Gasteiger partial charge is 0.0183 e. The Labute approximate surface area is 220 Å². The molecule has 3 atom stereocenters. The largest absolute Gasteiger partial charge is 0.255 e. The summed E-state index contributed by atoms with van der Waals surface area (Å²) in [7, 11) is -0.887. The SMILES string of the molecule is CCCCN(P(Cc1ccccc1)c1ccccc1)P1[C@H](c2ccccc2)CC[C@H]1c1ccccc1. The Morgan fingerprint density at radius 1 is 0.667 bits per heavy atom. The number of rotatable bonds is 10. The zero-order valence-corrected chi connectivity index (χ0v) is 23.1. The van der Waals surface area contributed by atoms with Crippen LogP contribution in [0.3, 0.4) is 0 Å². The summed E-state index contributed by atoms with van der Waals surface area (Å²) in [5.74, 6) is 0. The fraction of sp³-hybridized carbons (Fsp3) is 0.273. The molecule has 4 aromatic carbocycles. The monoisotopic (exact) mass is 509 g/mol. The van der Waals surface area contributed by atoms with Crippen molar-refractivity contribution in [1.29, 1.82) is 0 Å². The molecule has 4 aromatic rings. The van der Waals surface area contributed by atoms with Crippen molar-refractivity contribution in [2.75, 3.05) is 6.54 Å². The maximum Gasteiger partial charge on any atom is 0.0183 e. The first-order chi connectivity index (χ1) is 17.8. The van der Waals surface area contributed by atoms with Gasteiger partial charge in [0.2, 0.25) is 0 Å². The number of unbranched alkanes of at least 4 members (excludes halogenated alkanes) is 1. The molecule has 1 fully saturated rings.